The Labute approximate surface area is 153 Å². The van der Waals surface area contributed by atoms with Gasteiger partial charge in [-0.25, -0.2) is 8.42 Å². The molecular formula is C16H19NaO4S. The first-order valence-corrected chi connectivity index (χ1v) is 8.76. The van der Waals surface area contributed by atoms with Crippen molar-refractivity contribution < 1.29 is 47.3 Å². The van der Waals surface area contributed by atoms with Crippen LogP contribution in [0.25, 0.3) is 0 Å². The van der Waals surface area contributed by atoms with Crippen LogP contribution in [0.5, 0.6) is 0 Å². The van der Waals surface area contributed by atoms with Crippen molar-refractivity contribution in [1.82, 2.24) is 0 Å². The largest absolute Gasteiger partial charge is 1.00 e. The summed E-state index contributed by atoms with van der Waals surface area (Å²) in [5, 5.41) is 0. The van der Waals surface area contributed by atoms with Crippen LogP contribution >= 0.6 is 0 Å². The van der Waals surface area contributed by atoms with Crippen LogP contribution < -0.4 is 29.6 Å². The molecule has 3 aliphatic rings. The van der Waals surface area contributed by atoms with Crippen molar-refractivity contribution in [2.75, 3.05) is 0 Å². The summed E-state index contributed by atoms with van der Waals surface area (Å²) in [7, 11) is -4.38. The number of Topliss-reactive ketones (excluding diaryl/α,β-unsaturated/α-hetero) is 1. The van der Waals surface area contributed by atoms with Crippen LogP contribution in [0.15, 0.2) is 29.2 Å². The van der Waals surface area contributed by atoms with E-state index in [9.17, 15) is 17.8 Å². The van der Waals surface area contributed by atoms with E-state index in [1.807, 2.05) is 0 Å². The monoisotopic (exact) mass is 330 g/mol. The zero-order valence-corrected chi connectivity index (χ0v) is 15.9. The van der Waals surface area contributed by atoms with Gasteiger partial charge in [0.2, 0.25) is 0 Å². The molecule has 114 valence electrons. The van der Waals surface area contributed by atoms with Crippen molar-refractivity contribution in [3.63, 3.8) is 0 Å². The third-order valence-corrected chi connectivity index (χ3v) is 6.60. The Hall–Kier alpha value is -0.200. The van der Waals surface area contributed by atoms with E-state index >= 15 is 0 Å². The number of carbonyl (C=O) groups excluding carboxylic acids is 1. The number of hydrogen-bond donors (Lipinski definition) is 0. The summed E-state index contributed by atoms with van der Waals surface area (Å²) in [6.07, 6.45) is 5.67. The molecule has 3 aliphatic carbocycles. The minimum atomic E-state index is -4.38. The number of rotatable bonds is 3. The predicted octanol–water partition coefficient (Wildman–Crippen LogP) is -0.224. The van der Waals surface area contributed by atoms with Crippen LogP contribution in [-0.4, -0.2) is 18.8 Å². The minimum absolute atomic E-state index is 0. The molecule has 0 aromatic heterocycles. The van der Waals surface area contributed by atoms with Crippen molar-refractivity contribution in [1.29, 1.82) is 0 Å². The summed E-state index contributed by atoms with van der Waals surface area (Å²) >= 11 is 0. The second-order valence-electron chi connectivity index (χ2n) is 6.60. The first-order valence-electron chi connectivity index (χ1n) is 7.35. The van der Waals surface area contributed by atoms with Crippen LogP contribution in [0.3, 0.4) is 0 Å². The summed E-state index contributed by atoms with van der Waals surface area (Å²) in [5.41, 5.74) is 1.05. The zero-order valence-electron chi connectivity index (χ0n) is 13.1. The molecule has 22 heavy (non-hydrogen) atoms. The number of benzene rings is 1. The van der Waals surface area contributed by atoms with Crippen molar-refractivity contribution >= 4 is 15.9 Å². The molecule has 2 bridgehead atoms. The summed E-state index contributed by atoms with van der Waals surface area (Å²) in [4.78, 5) is 11.7. The van der Waals surface area contributed by atoms with Gasteiger partial charge in [0.15, 0.2) is 0 Å². The molecule has 0 amide bonds. The quantitative estimate of drug-likeness (QED) is 0.567. The van der Waals surface area contributed by atoms with Gasteiger partial charge in [0.05, 0.1) is 4.90 Å². The molecule has 0 heterocycles. The Kier molecular flexibility index (Phi) is 4.97. The van der Waals surface area contributed by atoms with E-state index in [-0.39, 0.29) is 45.3 Å². The fourth-order valence-electron chi connectivity index (χ4n) is 4.12. The third kappa shape index (κ3) is 2.94. The molecule has 4 rings (SSSR count). The zero-order chi connectivity index (χ0) is 15.3. The topological polar surface area (TPSA) is 74.3 Å². The van der Waals surface area contributed by atoms with Gasteiger partial charge in [-0.3, -0.25) is 4.79 Å². The maximum Gasteiger partial charge on any atom is 1.00 e. The average Bonchev–Trinajstić information content (AvgIpc) is 2.48. The number of ketones is 1. The van der Waals surface area contributed by atoms with E-state index in [0.717, 1.165) is 44.1 Å². The molecule has 0 unspecified atom stereocenters. The first kappa shape index (κ1) is 18.1. The molecule has 0 atom stereocenters. The number of hydrogen-bond acceptors (Lipinski definition) is 4. The van der Waals surface area contributed by atoms with Crippen LogP contribution in [0.1, 0.15) is 51.0 Å². The Morgan fingerprint density at radius 2 is 1.45 bits per heavy atom. The fourth-order valence-corrected chi connectivity index (χ4v) is 4.59. The molecule has 0 aliphatic heterocycles. The van der Waals surface area contributed by atoms with Crippen molar-refractivity contribution in [2.24, 2.45) is 5.41 Å². The van der Waals surface area contributed by atoms with E-state index in [2.05, 4.69) is 0 Å². The van der Waals surface area contributed by atoms with Gasteiger partial charge in [0.25, 0.3) is 0 Å². The maximum absolute atomic E-state index is 11.9. The van der Waals surface area contributed by atoms with E-state index in [1.54, 1.807) is 19.1 Å². The predicted molar refractivity (Wildman–Crippen MR) is 76.9 cm³/mol. The fraction of sp³-hybridized carbons (Fsp3) is 0.562. The van der Waals surface area contributed by atoms with E-state index in [0.29, 0.717) is 5.78 Å². The van der Waals surface area contributed by atoms with E-state index < -0.39 is 10.1 Å². The van der Waals surface area contributed by atoms with Gasteiger partial charge in [0, 0.05) is 5.41 Å². The molecule has 0 radical (unpaired) electrons. The van der Waals surface area contributed by atoms with Crippen LogP contribution in [0, 0.1) is 5.41 Å². The number of carbonyl (C=O) groups is 1. The van der Waals surface area contributed by atoms with Crippen molar-refractivity contribution in [3.8, 4) is 0 Å². The molecular weight excluding hydrogens is 311 g/mol. The molecule has 0 spiro atoms. The van der Waals surface area contributed by atoms with Gasteiger partial charge in [-0.15, -0.1) is 0 Å². The van der Waals surface area contributed by atoms with Gasteiger partial charge in [-0.05, 0) is 68.6 Å². The molecule has 6 heteroatoms. The molecule has 1 aromatic carbocycles. The Morgan fingerprint density at radius 3 is 1.82 bits per heavy atom. The summed E-state index contributed by atoms with van der Waals surface area (Å²) < 4.78 is 33.0. The van der Waals surface area contributed by atoms with Gasteiger partial charge in [-0.2, -0.15) is 0 Å². The Morgan fingerprint density at radius 1 is 1.00 bits per heavy atom. The Bertz CT molecular complexity index is 654. The smallest absolute Gasteiger partial charge is 0.744 e. The second-order valence-corrected chi connectivity index (χ2v) is 7.98. The summed E-state index contributed by atoms with van der Waals surface area (Å²) in [6, 6.07) is 6.37. The molecule has 3 saturated carbocycles. The second kappa shape index (κ2) is 6.02. The summed E-state index contributed by atoms with van der Waals surface area (Å²) in [5.74, 6) is 0.309. The van der Waals surface area contributed by atoms with Crippen molar-refractivity contribution in [3.05, 3.63) is 29.8 Å². The van der Waals surface area contributed by atoms with E-state index in [1.165, 1.54) is 12.1 Å². The Balaban J connectivity index is 0.00000176. The van der Waals surface area contributed by atoms with Crippen LogP contribution in [0.4, 0.5) is 0 Å². The van der Waals surface area contributed by atoms with Crippen LogP contribution in [0.2, 0.25) is 0 Å². The minimum Gasteiger partial charge on any atom is -0.744 e. The van der Waals surface area contributed by atoms with Crippen molar-refractivity contribution in [2.45, 2.75) is 55.8 Å². The average molecular weight is 330 g/mol. The molecule has 3 fully saturated rings. The maximum atomic E-state index is 11.9. The summed E-state index contributed by atoms with van der Waals surface area (Å²) in [6.45, 7) is 1.70. The van der Waals surface area contributed by atoms with Gasteiger partial charge >= 0.3 is 29.6 Å². The van der Waals surface area contributed by atoms with Crippen LogP contribution in [-0.2, 0) is 20.3 Å². The first-order chi connectivity index (χ1) is 9.78. The van der Waals surface area contributed by atoms with Gasteiger partial charge in [-0.1, -0.05) is 12.1 Å². The van der Waals surface area contributed by atoms with Gasteiger partial charge in [0.1, 0.15) is 15.9 Å². The SMILES string of the molecule is CC(=O)C12CCC(c3ccc(S(=O)(=O)[O-])cc3)(CC1)CC2.[Na+]. The molecule has 0 saturated heterocycles. The number of fused-ring (bicyclic) bond motifs is 3. The third-order valence-electron chi connectivity index (χ3n) is 5.75. The molecule has 0 N–H and O–H groups in total. The standard InChI is InChI=1S/C16H20O4S.Na/c1-12(17)15-6-9-16(10-7-15,11-8-15)13-2-4-14(5-3-13)21(18,19)20;/h2-5H,6-11H2,1H3,(H,18,19,20);/q;+1/p-1. The van der Waals surface area contributed by atoms with E-state index in [4.69, 9.17) is 0 Å². The molecule has 1 aromatic rings. The van der Waals surface area contributed by atoms with Gasteiger partial charge < -0.3 is 4.55 Å². The molecule has 4 nitrogen and oxygen atoms in total. The normalized spacial score (nSPS) is 30.6.